The molecule has 0 bridgehead atoms. The first-order valence-electron chi connectivity index (χ1n) is 8.56. The third-order valence-corrected chi connectivity index (χ3v) is 4.37. The van der Waals surface area contributed by atoms with Crippen molar-refractivity contribution in [2.75, 3.05) is 6.54 Å². The van der Waals surface area contributed by atoms with Crippen LogP contribution in [-0.2, 0) is 9.59 Å². The molecule has 5 nitrogen and oxygen atoms in total. The lowest BCUT2D eigenvalue weighted by Crippen LogP contribution is -2.46. The highest BCUT2D eigenvalue weighted by atomic mass is 16.4. The van der Waals surface area contributed by atoms with Crippen LogP contribution in [0.25, 0.3) is 0 Å². The van der Waals surface area contributed by atoms with Gasteiger partial charge in [0.05, 0.1) is 6.04 Å². The van der Waals surface area contributed by atoms with Crippen LogP contribution in [0.2, 0.25) is 0 Å². The first-order valence-corrected chi connectivity index (χ1v) is 8.56. The molecule has 0 radical (unpaired) electrons. The highest BCUT2D eigenvalue weighted by Gasteiger charge is 2.22. The number of aliphatic carboxylic acids is 1. The van der Waals surface area contributed by atoms with Gasteiger partial charge in [-0.05, 0) is 24.2 Å². The number of carbonyl (C=O) groups is 2. The van der Waals surface area contributed by atoms with Crippen molar-refractivity contribution in [3.8, 4) is 0 Å². The van der Waals surface area contributed by atoms with Gasteiger partial charge in [0, 0.05) is 13.0 Å². The molecule has 0 aromatic rings. The van der Waals surface area contributed by atoms with E-state index in [4.69, 9.17) is 10.8 Å². The van der Waals surface area contributed by atoms with Crippen molar-refractivity contribution in [3.05, 3.63) is 0 Å². The summed E-state index contributed by atoms with van der Waals surface area (Å²) in [4.78, 5) is 23.0. The number of hydrogen-bond acceptors (Lipinski definition) is 3. The van der Waals surface area contributed by atoms with Gasteiger partial charge < -0.3 is 16.2 Å². The molecular formula is C17H34N2O3. The van der Waals surface area contributed by atoms with Crippen molar-refractivity contribution in [1.29, 1.82) is 0 Å². The number of unbranched alkanes of at least 4 members (excludes halogenated alkanes) is 1. The van der Waals surface area contributed by atoms with Gasteiger partial charge in [-0.2, -0.15) is 0 Å². The van der Waals surface area contributed by atoms with E-state index >= 15 is 0 Å². The van der Waals surface area contributed by atoms with Crippen LogP contribution < -0.4 is 11.1 Å². The fourth-order valence-electron chi connectivity index (χ4n) is 2.60. The maximum Gasteiger partial charge on any atom is 0.303 e. The van der Waals surface area contributed by atoms with Gasteiger partial charge in [0.15, 0.2) is 0 Å². The average molecular weight is 314 g/mol. The van der Waals surface area contributed by atoms with Gasteiger partial charge in [-0.15, -0.1) is 0 Å². The summed E-state index contributed by atoms with van der Waals surface area (Å²) in [6.45, 7) is 8.65. The predicted octanol–water partition coefficient (Wildman–Crippen LogP) is 2.78. The summed E-state index contributed by atoms with van der Waals surface area (Å²) in [5.74, 6) is -0.414. The number of carboxylic acid groups (broad SMARTS) is 1. The molecule has 1 amide bonds. The summed E-state index contributed by atoms with van der Waals surface area (Å²) >= 11 is 0. The second kappa shape index (κ2) is 11.5. The van der Waals surface area contributed by atoms with E-state index in [0.29, 0.717) is 12.5 Å². The summed E-state index contributed by atoms with van der Waals surface area (Å²) in [6, 6.07) is -0.520. The van der Waals surface area contributed by atoms with Crippen LogP contribution in [0.3, 0.4) is 0 Å². The summed E-state index contributed by atoms with van der Waals surface area (Å²) in [5.41, 5.74) is 5.90. The van der Waals surface area contributed by atoms with Gasteiger partial charge in [-0.3, -0.25) is 9.59 Å². The zero-order chi connectivity index (χ0) is 17.1. The van der Waals surface area contributed by atoms with Gasteiger partial charge in [0.2, 0.25) is 5.91 Å². The molecule has 0 aliphatic heterocycles. The minimum Gasteiger partial charge on any atom is -0.481 e. The van der Waals surface area contributed by atoms with Crippen molar-refractivity contribution in [2.24, 2.45) is 23.5 Å². The number of carbonyl (C=O) groups excluding carboxylic acids is 1. The van der Waals surface area contributed by atoms with Crippen LogP contribution in [0.5, 0.6) is 0 Å². The van der Waals surface area contributed by atoms with Crippen molar-refractivity contribution < 1.29 is 14.7 Å². The van der Waals surface area contributed by atoms with E-state index in [-0.39, 0.29) is 24.2 Å². The zero-order valence-electron chi connectivity index (χ0n) is 14.6. The van der Waals surface area contributed by atoms with Gasteiger partial charge in [0.1, 0.15) is 0 Å². The Morgan fingerprint density at radius 3 is 2.36 bits per heavy atom. The Morgan fingerprint density at radius 2 is 1.86 bits per heavy atom. The molecule has 130 valence electrons. The fourth-order valence-corrected chi connectivity index (χ4v) is 2.60. The summed E-state index contributed by atoms with van der Waals surface area (Å²) < 4.78 is 0. The molecule has 0 saturated carbocycles. The molecule has 0 aliphatic carbocycles. The van der Waals surface area contributed by atoms with E-state index in [2.05, 4.69) is 19.2 Å². The molecule has 5 heteroatoms. The van der Waals surface area contributed by atoms with Gasteiger partial charge in [0.25, 0.3) is 0 Å². The van der Waals surface area contributed by atoms with Crippen LogP contribution in [0, 0.1) is 17.8 Å². The van der Waals surface area contributed by atoms with Crippen molar-refractivity contribution >= 4 is 11.9 Å². The standard InChI is InChI=1S/C17H34N2O3/c1-5-7-8-12(3)9-14(10-15(20)21)11-19-17(22)16(18)13(4)6-2/h12-14,16H,5-11,18H2,1-4H3,(H,19,22)(H,20,21). The highest BCUT2D eigenvalue weighted by molar-refractivity contribution is 5.81. The zero-order valence-corrected chi connectivity index (χ0v) is 14.6. The summed E-state index contributed by atoms with van der Waals surface area (Å²) in [7, 11) is 0. The normalized spacial score (nSPS) is 16.6. The molecule has 0 fully saturated rings. The average Bonchev–Trinajstić information content (AvgIpc) is 2.47. The third kappa shape index (κ3) is 9.03. The molecule has 4 atom stereocenters. The van der Waals surface area contributed by atoms with Crippen LogP contribution in [0.1, 0.15) is 66.2 Å². The number of nitrogens with one attached hydrogen (secondary N) is 1. The Balaban J connectivity index is 4.40. The number of nitrogens with two attached hydrogens (primary N) is 1. The summed E-state index contributed by atoms with van der Waals surface area (Å²) in [5, 5.41) is 11.9. The molecule has 0 aliphatic rings. The van der Waals surface area contributed by atoms with E-state index in [1.165, 1.54) is 0 Å². The Morgan fingerprint density at radius 1 is 1.23 bits per heavy atom. The minimum atomic E-state index is -0.812. The van der Waals surface area contributed by atoms with E-state index in [0.717, 1.165) is 32.1 Å². The molecule has 4 N–H and O–H groups in total. The van der Waals surface area contributed by atoms with E-state index in [9.17, 15) is 9.59 Å². The second-order valence-corrected chi connectivity index (χ2v) is 6.60. The lowest BCUT2D eigenvalue weighted by Gasteiger charge is -2.22. The molecule has 22 heavy (non-hydrogen) atoms. The largest absolute Gasteiger partial charge is 0.481 e. The predicted molar refractivity (Wildman–Crippen MR) is 89.5 cm³/mol. The monoisotopic (exact) mass is 314 g/mol. The number of hydrogen-bond donors (Lipinski definition) is 3. The quantitative estimate of drug-likeness (QED) is 0.516. The maximum absolute atomic E-state index is 12.0. The maximum atomic E-state index is 12.0. The van der Waals surface area contributed by atoms with Crippen LogP contribution in [0.4, 0.5) is 0 Å². The first kappa shape index (κ1) is 20.9. The molecule has 0 rings (SSSR count). The van der Waals surface area contributed by atoms with Gasteiger partial charge in [-0.1, -0.05) is 53.4 Å². The molecule has 0 saturated heterocycles. The van der Waals surface area contributed by atoms with Crippen LogP contribution in [0.15, 0.2) is 0 Å². The highest BCUT2D eigenvalue weighted by Crippen LogP contribution is 2.20. The molecular weight excluding hydrogens is 280 g/mol. The lowest BCUT2D eigenvalue weighted by molar-refractivity contribution is -0.138. The lowest BCUT2D eigenvalue weighted by atomic mass is 9.89. The van der Waals surface area contributed by atoms with Crippen molar-refractivity contribution in [2.45, 2.75) is 72.3 Å². The van der Waals surface area contributed by atoms with E-state index in [1.807, 2.05) is 13.8 Å². The number of amides is 1. The molecule has 4 unspecified atom stereocenters. The minimum absolute atomic E-state index is 0.0301. The van der Waals surface area contributed by atoms with Gasteiger partial charge in [-0.25, -0.2) is 0 Å². The first-order chi connectivity index (χ1) is 10.3. The smallest absolute Gasteiger partial charge is 0.303 e. The third-order valence-electron chi connectivity index (χ3n) is 4.37. The fraction of sp³-hybridized carbons (Fsp3) is 0.882. The second-order valence-electron chi connectivity index (χ2n) is 6.60. The Bertz CT molecular complexity index is 334. The SMILES string of the molecule is CCCCC(C)CC(CNC(=O)C(N)C(C)CC)CC(=O)O. The number of rotatable bonds is 12. The van der Waals surface area contributed by atoms with Crippen LogP contribution >= 0.6 is 0 Å². The topological polar surface area (TPSA) is 92.4 Å². The summed E-state index contributed by atoms with van der Waals surface area (Å²) in [6.07, 6.45) is 5.18. The van der Waals surface area contributed by atoms with Gasteiger partial charge >= 0.3 is 5.97 Å². The van der Waals surface area contributed by atoms with Crippen molar-refractivity contribution in [3.63, 3.8) is 0 Å². The van der Waals surface area contributed by atoms with Crippen LogP contribution in [-0.4, -0.2) is 29.6 Å². The van der Waals surface area contributed by atoms with E-state index in [1.54, 1.807) is 0 Å². The molecule has 0 heterocycles. The Labute approximate surface area is 135 Å². The van der Waals surface area contributed by atoms with Crippen molar-refractivity contribution in [1.82, 2.24) is 5.32 Å². The molecule has 0 aromatic heterocycles. The van der Waals surface area contributed by atoms with E-state index < -0.39 is 12.0 Å². The Hall–Kier alpha value is -1.10. The Kier molecular flexibility index (Phi) is 10.9. The molecule has 0 spiro atoms. The molecule has 0 aromatic carbocycles. The number of carboxylic acids is 1.